The van der Waals surface area contributed by atoms with Crippen molar-refractivity contribution in [1.82, 2.24) is 0 Å². The van der Waals surface area contributed by atoms with Gasteiger partial charge in [0.2, 0.25) is 0 Å². The van der Waals surface area contributed by atoms with Gasteiger partial charge in [0.1, 0.15) is 5.67 Å². The molecule has 3 aliphatic carbocycles. The number of hydrogen-bond acceptors (Lipinski definition) is 0. The van der Waals surface area contributed by atoms with Crippen LogP contribution in [0.5, 0.6) is 0 Å². The number of hydrogen-bond donors (Lipinski definition) is 0. The maximum absolute atomic E-state index is 13.5. The van der Waals surface area contributed by atoms with Crippen LogP contribution in [0.25, 0.3) is 0 Å². The topological polar surface area (TPSA) is 0 Å². The van der Waals surface area contributed by atoms with E-state index in [1.807, 2.05) is 0 Å². The first-order valence-corrected chi connectivity index (χ1v) is 3.98. The molecule has 0 N–H and O–H groups in total. The monoisotopic (exact) mass is 126 g/mol. The van der Waals surface area contributed by atoms with E-state index in [2.05, 4.69) is 0 Å². The largest absolute Gasteiger partial charge is 0.243 e. The van der Waals surface area contributed by atoms with Crippen LogP contribution in [0.15, 0.2) is 0 Å². The number of fused-ring (bicyclic) bond motifs is 1. The van der Waals surface area contributed by atoms with E-state index in [1.165, 1.54) is 19.3 Å². The summed E-state index contributed by atoms with van der Waals surface area (Å²) in [6.07, 6.45) is 4.56. The van der Waals surface area contributed by atoms with Crippen molar-refractivity contribution in [2.45, 2.75) is 31.4 Å². The van der Waals surface area contributed by atoms with Crippen LogP contribution in [0, 0.1) is 17.8 Å². The van der Waals surface area contributed by atoms with Gasteiger partial charge in [0.05, 0.1) is 0 Å². The van der Waals surface area contributed by atoms with Gasteiger partial charge in [-0.1, -0.05) is 0 Å². The zero-order valence-electron chi connectivity index (χ0n) is 5.44. The predicted octanol–water partition coefficient (Wildman–Crippen LogP) is 2.14. The molecule has 3 aliphatic rings. The van der Waals surface area contributed by atoms with E-state index in [0.717, 1.165) is 12.3 Å². The molecular formula is C8H11F. The van der Waals surface area contributed by atoms with Gasteiger partial charge in [0, 0.05) is 0 Å². The van der Waals surface area contributed by atoms with E-state index in [4.69, 9.17) is 0 Å². The summed E-state index contributed by atoms with van der Waals surface area (Å²) in [6.45, 7) is 0. The van der Waals surface area contributed by atoms with Crippen molar-refractivity contribution < 1.29 is 4.39 Å². The Morgan fingerprint density at radius 2 is 1.78 bits per heavy atom. The molecule has 0 aromatic carbocycles. The van der Waals surface area contributed by atoms with Crippen molar-refractivity contribution >= 4 is 0 Å². The Bertz CT molecular complexity index is 152. The lowest BCUT2D eigenvalue weighted by Gasteiger charge is -2.46. The fourth-order valence-corrected chi connectivity index (χ4v) is 3.34. The Kier molecular flexibility index (Phi) is 0.555. The molecule has 0 heterocycles. The van der Waals surface area contributed by atoms with E-state index in [0.29, 0.717) is 11.8 Å². The van der Waals surface area contributed by atoms with Gasteiger partial charge in [-0.15, -0.1) is 0 Å². The van der Waals surface area contributed by atoms with Crippen molar-refractivity contribution in [3.05, 3.63) is 0 Å². The van der Waals surface area contributed by atoms with Crippen molar-refractivity contribution in [2.75, 3.05) is 0 Å². The highest BCUT2D eigenvalue weighted by molar-refractivity contribution is 5.15. The minimum atomic E-state index is -0.634. The van der Waals surface area contributed by atoms with Crippen molar-refractivity contribution in [1.29, 1.82) is 0 Å². The molecule has 3 rings (SSSR count). The van der Waals surface area contributed by atoms with E-state index >= 15 is 0 Å². The highest BCUT2D eigenvalue weighted by Gasteiger charge is 2.66. The lowest BCUT2D eigenvalue weighted by atomic mass is 9.62. The molecular weight excluding hydrogens is 115 g/mol. The minimum absolute atomic E-state index is 0.501. The quantitative estimate of drug-likeness (QED) is 0.466. The van der Waals surface area contributed by atoms with Crippen LogP contribution in [0.4, 0.5) is 4.39 Å². The Morgan fingerprint density at radius 1 is 1.11 bits per heavy atom. The summed E-state index contributed by atoms with van der Waals surface area (Å²) < 4.78 is 13.5. The Hall–Kier alpha value is -0.0700. The van der Waals surface area contributed by atoms with Crippen LogP contribution in [0.1, 0.15) is 25.7 Å². The molecule has 0 aromatic rings. The minimum Gasteiger partial charge on any atom is -0.243 e. The predicted molar refractivity (Wildman–Crippen MR) is 32.8 cm³/mol. The van der Waals surface area contributed by atoms with Gasteiger partial charge in [-0.3, -0.25) is 0 Å². The molecule has 0 spiro atoms. The van der Waals surface area contributed by atoms with Crippen LogP contribution in [0.2, 0.25) is 0 Å². The molecule has 2 bridgehead atoms. The first kappa shape index (κ1) is 4.70. The fourth-order valence-electron chi connectivity index (χ4n) is 3.34. The normalized spacial score (nSPS) is 68.3. The van der Waals surface area contributed by atoms with Gasteiger partial charge in [0.15, 0.2) is 0 Å². The summed E-state index contributed by atoms with van der Waals surface area (Å²) in [6, 6.07) is 0. The fraction of sp³-hybridized carbons (Fsp3) is 1.00. The lowest BCUT2D eigenvalue weighted by molar-refractivity contribution is -0.0597. The molecule has 3 fully saturated rings. The maximum Gasteiger partial charge on any atom is 0.117 e. The van der Waals surface area contributed by atoms with Gasteiger partial charge in [-0.05, 0) is 43.4 Å². The molecule has 4 atom stereocenters. The standard InChI is InChI=1S/C8H11F/c9-8-4-5-1-6(8)3-7(8)2-5/h5-7H,1-4H2/t5?,6-,7+,8?. The number of halogens is 1. The molecule has 0 saturated heterocycles. The van der Waals surface area contributed by atoms with Gasteiger partial charge < -0.3 is 0 Å². The van der Waals surface area contributed by atoms with E-state index in [1.54, 1.807) is 0 Å². The Morgan fingerprint density at radius 3 is 2.00 bits per heavy atom. The number of alkyl halides is 1. The van der Waals surface area contributed by atoms with E-state index in [9.17, 15) is 4.39 Å². The summed E-state index contributed by atoms with van der Waals surface area (Å²) in [5.74, 6) is 1.79. The Balaban J connectivity index is 2.07. The molecule has 3 saturated carbocycles. The molecule has 0 amide bonds. The van der Waals surface area contributed by atoms with E-state index < -0.39 is 5.67 Å². The molecule has 0 aliphatic heterocycles. The first-order valence-electron chi connectivity index (χ1n) is 3.98. The SMILES string of the molecule is FC12CC3C[C@@H]1C[C@@H]2C3. The van der Waals surface area contributed by atoms with Gasteiger partial charge in [-0.25, -0.2) is 4.39 Å². The first-order chi connectivity index (χ1) is 4.29. The third-order valence-corrected chi connectivity index (χ3v) is 3.76. The van der Waals surface area contributed by atoms with Crippen molar-refractivity contribution in [2.24, 2.45) is 17.8 Å². The zero-order chi connectivity index (χ0) is 6.06. The second-order valence-corrected chi connectivity index (χ2v) is 4.10. The van der Waals surface area contributed by atoms with Crippen LogP contribution < -0.4 is 0 Å². The van der Waals surface area contributed by atoms with Crippen molar-refractivity contribution in [3.8, 4) is 0 Å². The maximum atomic E-state index is 13.5. The second kappa shape index (κ2) is 1.06. The lowest BCUT2D eigenvalue weighted by Crippen LogP contribution is -2.47. The molecule has 0 aromatic heterocycles. The van der Waals surface area contributed by atoms with Gasteiger partial charge >= 0.3 is 0 Å². The molecule has 0 nitrogen and oxygen atoms in total. The van der Waals surface area contributed by atoms with Gasteiger partial charge in [-0.2, -0.15) is 0 Å². The summed E-state index contributed by atoms with van der Waals surface area (Å²) in [5, 5.41) is 0. The zero-order valence-corrected chi connectivity index (χ0v) is 5.44. The molecule has 0 radical (unpaired) electrons. The Labute approximate surface area is 54.4 Å². The number of rotatable bonds is 0. The highest BCUT2D eigenvalue weighted by atomic mass is 19.1. The molecule has 1 heteroatoms. The highest BCUT2D eigenvalue weighted by Crippen LogP contribution is 2.67. The second-order valence-electron chi connectivity index (χ2n) is 4.10. The van der Waals surface area contributed by atoms with Crippen LogP contribution in [-0.4, -0.2) is 5.67 Å². The smallest absolute Gasteiger partial charge is 0.117 e. The molecule has 50 valence electrons. The average molecular weight is 126 g/mol. The van der Waals surface area contributed by atoms with Gasteiger partial charge in [0.25, 0.3) is 0 Å². The van der Waals surface area contributed by atoms with E-state index in [-0.39, 0.29) is 0 Å². The van der Waals surface area contributed by atoms with Crippen LogP contribution in [-0.2, 0) is 0 Å². The van der Waals surface area contributed by atoms with Crippen molar-refractivity contribution in [3.63, 3.8) is 0 Å². The summed E-state index contributed by atoms with van der Waals surface area (Å²) in [7, 11) is 0. The summed E-state index contributed by atoms with van der Waals surface area (Å²) in [4.78, 5) is 0. The summed E-state index contributed by atoms with van der Waals surface area (Å²) >= 11 is 0. The van der Waals surface area contributed by atoms with Crippen LogP contribution >= 0.6 is 0 Å². The third-order valence-electron chi connectivity index (χ3n) is 3.76. The average Bonchev–Trinajstić information content (AvgIpc) is 2.20. The summed E-state index contributed by atoms with van der Waals surface area (Å²) in [5.41, 5.74) is -0.634. The van der Waals surface area contributed by atoms with Crippen LogP contribution in [0.3, 0.4) is 0 Å². The molecule has 9 heavy (non-hydrogen) atoms. The third kappa shape index (κ3) is 0.333. The molecule has 2 unspecified atom stereocenters.